The lowest BCUT2D eigenvalue weighted by Crippen LogP contribution is -2.52. The molecule has 2 fully saturated rings. The van der Waals surface area contributed by atoms with Crippen LogP contribution in [-0.2, 0) is 22.4 Å². The molecule has 5 nitrogen and oxygen atoms in total. The highest BCUT2D eigenvalue weighted by Crippen LogP contribution is 2.26. The van der Waals surface area contributed by atoms with E-state index in [4.69, 9.17) is 4.74 Å². The van der Waals surface area contributed by atoms with Crippen LogP contribution < -0.4 is 5.32 Å². The van der Waals surface area contributed by atoms with Crippen molar-refractivity contribution >= 4 is 5.91 Å². The maximum Gasteiger partial charge on any atom is 0.234 e. The largest absolute Gasteiger partial charge is 0.376 e. The number of nitrogens with zero attached hydrogens (tertiary/aromatic N) is 2. The summed E-state index contributed by atoms with van der Waals surface area (Å²) in [4.78, 5) is 17.0. The highest BCUT2D eigenvalue weighted by molar-refractivity contribution is 5.78. The topological polar surface area (TPSA) is 44.8 Å². The van der Waals surface area contributed by atoms with Crippen molar-refractivity contribution in [3.8, 4) is 0 Å². The Morgan fingerprint density at radius 2 is 1.84 bits per heavy atom. The molecule has 3 aliphatic rings. The fourth-order valence-electron chi connectivity index (χ4n) is 4.37. The van der Waals surface area contributed by atoms with Crippen LogP contribution in [0.5, 0.6) is 0 Å². The predicted molar refractivity (Wildman–Crippen MR) is 97.6 cm³/mol. The molecular formula is C20H29N3O2. The van der Waals surface area contributed by atoms with E-state index in [9.17, 15) is 4.79 Å². The van der Waals surface area contributed by atoms with Crippen LogP contribution in [0.25, 0.3) is 0 Å². The van der Waals surface area contributed by atoms with Crippen molar-refractivity contribution in [1.82, 2.24) is 15.1 Å². The molecule has 1 aromatic rings. The summed E-state index contributed by atoms with van der Waals surface area (Å²) in [6.45, 7) is 6.13. The first-order chi connectivity index (χ1) is 12.3. The quantitative estimate of drug-likeness (QED) is 0.869. The van der Waals surface area contributed by atoms with E-state index in [1.54, 1.807) is 0 Å². The minimum atomic E-state index is 0.136. The van der Waals surface area contributed by atoms with Crippen molar-refractivity contribution in [3.63, 3.8) is 0 Å². The van der Waals surface area contributed by atoms with E-state index in [1.807, 2.05) is 0 Å². The molecule has 136 valence electrons. The molecule has 4 rings (SSSR count). The molecule has 0 unspecified atom stereocenters. The number of carbonyl (C=O) groups is 1. The second-order valence-electron chi connectivity index (χ2n) is 7.58. The van der Waals surface area contributed by atoms with Gasteiger partial charge in [-0.2, -0.15) is 0 Å². The van der Waals surface area contributed by atoms with E-state index in [1.165, 1.54) is 24.0 Å². The van der Waals surface area contributed by atoms with Gasteiger partial charge in [0.2, 0.25) is 5.91 Å². The number of benzene rings is 1. The molecule has 2 aliphatic heterocycles. The predicted octanol–water partition coefficient (Wildman–Crippen LogP) is 1.07. The number of carbonyl (C=O) groups excluding carboxylic acids is 1. The van der Waals surface area contributed by atoms with Gasteiger partial charge >= 0.3 is 0 Å². The summed E-state index contributed by atoms with van der Waals surface area (Å²) in [6.07, 6.45) is 4.77. The number of hydrogen-bond donors (Lipinski definition) is 1. The molecular weight excluding hydrogens is 314 g/mol. The van der Waals surface area contributed by atoms with Crippen molar-refractivity contribution in [3.05, 3.63) is 35.4 Å². The smallest absolute Gasteiger partial charge is 0.234 e. The van der Waals surface area contributed by atoms with E-state index < -0.39 is 0 Å². The normalized spacial score (nSPS) is 25.2. The first-order valence-electron chi connectivity index (χ1n) is 9.69. The Labute approximate surface area is 150 Å². The molecule has 2 heterocycles. The standard InChI is InChI=1S/C20H29N3O2/c24-20(21-14-19-6-3-11-25-19)15-22-7-9-23(10-8-22)18-12-16-4-1-2-5-17(16)13-18/h1-2,4-5,18-19H,3,6-15H2,(H,21,24)/t19-/m1/s1. The Morgan fingerprint density at radius 1 is 1.12 bits per heavy atom. The van der Waals surface area contributed by atoms with Crippen LogP contribution in [0.4, 0.5) is 0 Å². The van der Waals surface area contributed by atoms with Crippen molar-refractivity contribution < 1.29 is 9.53 Å². The van der Waals surface area contributed by atoms with E-state index in [0.717, 1.165) is 45.6 Å². The van der Waals surface area contributed by atoms with E-state index in [2.05, 4.69) is 39.4 Å². The van der Waals surface area contributed by atoms with Crippen molar-refractivity contribution in [2.45, 2.75) is 37.8 Å². The lowest BCUT2D eigenvalue weighted by Gasteiger charge is -2.37. The number of amides is 1. The van der Waals surface area contributed by atoms with Crippen LogP contribution in [0.1, 0.15) is 24.0 Å². The molecule has 25 heavy (non-hydrogen) atoms. The summed E-state index contributed by atoms with van der Waals surface area (Å²) in [7, 11) is 0. The third-order valence-electron chi connectivity index (χ3n) is 5.87. The Bertz CT molecular complexity index is 567. The summed E-state index contributed by atoms with van der Waals surface area (Å²) >= 11 is 0. The molecule has 1 amide bonds. The van der Waals surface area contributed by atoms with Crippen LogP contribution in [0.2, 0.25) is 0 Å². The van der Waals surface area contributed by atoms with E-state index >= 15 is 0 Å². The third-order valence-corrected chi connectivity index (χ3v) is 5.87. The van der Waals surface area contributed by atoms with E-state index in [-0.39, 0.29) is 12.0 Å². The second-order valence-corrected chi connectivity index (χ2v) is 7.58. The van der Waals surface area contributed by atoms with Crippen molar-refractivity contribution in [2.24, 2.45) is 0 Å². The average Bonchev–Trinajstić information content (AvgIpc) is 3.30. The number of rotatable bonds is 5. The van der Waals surface area contributed by atoms with Crippen LogP contribution >= 0.6 is 0 Å². The Hall–Kier alpha value is -1.43. The van der Waals surface area contributed by atoms with Gasteiger partial charge in [-0.05, 0) is 36.8 Å². The van der Waals surface area contributed by atoms with Gasteiger partial charge in [0.05, 0.1) is 12.6 Å². The minimum absolute atomic E-state index is 0.136. The van der Waals surface area contributed by atoms with Gasteiger partial charge in [-0.1, -0.05) is 24.3 Å². The number of ether oxygens (including phenoxy) is 1. The van der Waals surface area contributed by atoms with Gasteiger partial charge in [-0.25, -0.2) is 0 Å². The van der Waals surface area contributed by atoms with Crippen LogP contribution in [0.3, 0.4) is 0 Å². The molecule has 0 aromatic heterocycles. The number of fused-ring (bicyclic) bond motifs is 1. The summed E-state index contributed by atoms with van der Waals surface area (Å²) in [6, 6.07) is 9.48. The zero-order valence-electron chi connectivity index (χ0n) is 15.0. The summed E-state index contributed by atoms with van der Waals surface area (Å²) in [5.41, 5.74) is 3.03. The zero-order chi connectivity index (χ0) is 17.1. The lowest BCUT2D eigenvalue weighted by atomic mass is 10.1. The number of nitrogens with one attached hydrogen (secondary N) is 1. The molecule has 1 aromatic carbocycles. The van der Waals surface area contributed by atoms with Gasteiger partial charge in [0.25, 0.3) is 0 Å². The number of hydrogen-bond acceptors (Lipinski definition) is 4. The third kappa shape index (κ3) is 4.22. The molecule has 2 saturated heterocycles. The summed E-state index contributed by atoms with van der Waals surface area (Å²) in [5.74, 6) is 0.136. The van der Waals surface area contributed by atoms with Crippen molar-refractivity contribution in [1.29, 1.82) is 0 Å². The fourth-order valence-corrected chi connectivity index (χ4v) is 4.37. The molecule has 1 aliphatic carbocycles. The molecule has 1 atom stereocenters. The molecule has 0 bridgehead atoms. The monoisotopic (exact) mass is 343 g/mol. The van der Waals surface area contributed by atoms with Gasteiger partial charge in [0.15, 0.2) is 0 Å². The average molecular weight is 343 g/mol. The van der Waals surface area contributed by atoms with E-state index in [0.29, 0.717) is 19.1 Å². The maximum absolute atomic E-state index is 12.1. The highest BCUT2D eigenvalue weighted by Gasteiger charge is 2.29. The Kier molecular flexibility index (Phi) is 5.34. The maximum atomic E-state index is 12.1. The van der Waals surface area contributed by atoms with Crippen molar-refractivity contribution in [2.75, 3.05) is 45.9 Å². The van der Waals surface area contributed by atoms with Gasteiger partial charge in [0, 0.05) is 45.4 Å². The van der Waals surface area contributed by atoms with Gasteiger partial charge in [-0.3, -0.25) is 14.6 Å². The Balaban J connectivity index is 1.18. The second kappa shape index (κ2) is 7.85. The minimum Gasteiger partial charge on any atom is -0.376 e. The van der Waals surface area contributed by atoms with Gasteiger partial charge in [0.1, 0.15) is 0 Å². The van der Waals surface area contributed by atoms with Crippen LogP contribution in [0, 0.1) is 0 Å². The first-order valence-corrected chi connectivity index (χ1v) is 9.69. The zero-order valence-corrected chi connectivity index (χ0v) is 15.0. The van der Waals surface area contributed by atoms with Gasteiger partial charge in [-0.15, -0.1) is 0 Å². The number of piperazine rings is 1. The summed E-state index contributed by atoms with van der Waals surface area (Å²) < 4.78 is 5.56. The molecule has 0 spiro atoms. The first kappa shape index (κ1) is 17.0. The molecule has 0 radical (unpaired) electrons. The molecule has 0 saturated carbocycles. The Morgan fingerprint density at radius 3 is 2.48 bits per heavy atom. The van der Waals surface area contributed by atoms with Crippen LogP contribution in [-0.4, -0.2) is 73.7 Å². The SMILES string of the molecule is O=C(CN1CCN(C2Cc3ccccc3C2)CC1)NC[C@H]1CCCO1. The van der Waals surface area contributed by atoms with Gasteiger partial charge < -0.3 is 10.1 Å². The molecule has 5 heteroatoms. The summed E-state index contributed by atoms with van der Waals surface area (Å²) in [5, 5.41) is 3.03. The highest BCUT2D eigenvalue weighted by atomic mass is 16.5. The van der Waals surface area contributed by atoms with Crippen LogP contribution in [0.15, 0.2) is 24.3 Å². The molecule has 1 N–H and O–H groups in total. The fraction of sp³-hybridized carbons (Fsp3) is 0.650. The lowest BCUT2D eigenvalue weighted by molar-refractivity contribution is -0.123.